The van der Waals surface area contributed by atoms with Crippen molar-refractivity contribution in [3.63, 3.8) is 0 Å². The molecule has 1 fully saturated rings. The summed E-state index contributed by atoms with van der Waals surface area (Å²) in [6.07, 6.45) is 6.50. The molecule has 0 bridgehead atoms. The lowest BCUT2D eigenvalue weighted by Gasteiger charge is -2.21. The minimum Gasteiger partial charge on any atom is -0.351 e. The summed E-state index contributed by atoms with van der Waals surface area (Å²) in [5.41, 5.74) is 0.521. The van der Waals surface area contributed by atoms with Crippen LogP contribution < -0.4 is 10.6 Å². The SMILES string of the molecule is O=C(CNCC1CCCCC1)NCc1ccccc1F. The Hall–Kier alpha value is -1.42. The quantitative estimate of drug-likeness (QED) is 0.840. The summed E-state index contributed by atoms with van der Waals surface area (Å²) >= 11 is 0. The lowest BCUT2D eigenvalue weighted by atomic mass is 9.89. The lowest BCUT2D eigenvalue weighted by Crippen LogP contribution is -2.36. The number of halogens is 1. The maximum absolute atomic E-state index is 13.4. The number of hydrogen-bond acceptors (Lipinski definition) is 2. The van der Waals surface area contributed by atoms with E-state index in [0.717, 1.165) is 6.54 Å². The molecule has 0 atom stereocenters. The number of hydrogen-bond donors (Lipinski definition) is 2. The summed E-state index contributed by atoms with van der Waals surface area (Å²) in [4.78, 5) is 11.7. The summed E-state index contributed by atoms with van der Waals surface area (Å²) in [6.45, 7) is 1.47. The average Bonchev–Trinajstić information content (AvgIpc) is 2.47. The molecule has 4 heteroatoms. The third kappa shape index (κ3) is 4.93. The van der Waals surface area contributed by atoms with Crippen molar-refractivity contribution in [2.24, 2.45) is 5.92 Å². The van der Waals surface area contributed by atoms with Crippen LogP contribution in [0.15, 0.2) is 24.3 Å². The number of amides is 1. The molecule has 1 aliphatic carbocycles. The van der Waals surface area contributed by atoms with Gasteiger partial charge in [0.25, 0.3) is 0 Å². The van der Waals surface area contributed by atoms with Crippen molar-refractivity contribution in [2.75, 3.05) is 13.1 Å². The van der Waals surface area contributed by atoms with Crippen LogP contribution >= 0.6 is 0 Å². The third-order valence-electron chi connectivity index (χ3n) is 3.88. The van der Waals surface area contributed by atoms with E-state index in [-0.39, 0.29) is 18.3 Å². The van der Waals surface area contributed by atoms with E-state index in [0.29, 0.717) is 18.0 Å². The summed E-state index contributed by atoms with van der Waals surface area (Å²) < 4.78 is 13.4. The Morgan fingerprint density at radius 1 is 1.20 bits per heavy atom. The summed E-state index contributed by atoms with van der Waals surface area (Å²) in [7, 11) is 0. The van der Waals surface area contributed by atoms with Gasteiger partial charge in [0, 0.05) is 12.1 Å². The fourth-order valence-corrected chi connectivity index (χ4v) is 2.68. The molecule has 1 aromatic carbocycles. The maximum Gasteiger partial charge on any atom is 0.234 e. The molecule has 0 aliphatic heterocycles. The molecule has 0 heterocycles. The molecule has 0 radical (unpaired) electrons. The van der Waals surface area contributed by atoms with Crippen LogP contribution in [0.25, 0.3) is 0 Å². The van der Waals surface area contributed by atoms with Crippen molar-refractivity contribution < 1.29 is 9.18 Å². The van der Waals surface area contributed by atoms with E-state index in [9.17, 15) is 9.18 Å². The van der Waals surface area contributed by atoms with E-state index < -0.39 is 0 Å². The van der Waals surface area contributed by atoms with Gasteiger partial charge >= 0.3 is 0 Å². The van der Waals surface area contributed by atoms with Crippen LogP contribution in [0.1, 0.15) is 37.7 Å². The largest absolute Gasteiger partial charge is 0.351 e. The monoisotopic (exact) mass is 278 g/mol. The smallest absolute Gasteiger partial charge is 0.234 e. The van der Waals surface area contributed by atoms with Gasteiger partial charge in [0.2, 0.25) is 5.91 Å². The number of carbonyl (C=O) groups is 1. The Balaban J connectivity index is 1.62. The zero-order valence-corrected chi connectivity index (χ0v) is 11.8. The topological polar surface area (TPSA) is 41.1 Å². The van der Waals surface area contributed by atoms with E-state index in [1.165, 1.54) is 38.2 Å². The Bertz CT molecular complexity index is 430. The van der Waals surface area contributed by atoms with E-state index in [4.69, 9.17) is 0 Å². The Labute approximate surface area is 120 Å². The second-order valence-electron chi connectivity index (χ2n) is 5.50. The van der Waals surface area contributed by atoms with Crippen molar-refractivity contribution in [1.82, 2.24) is 10.6 Å². The van der Waals surface area contributed by atoms with Gasteiger partial charge in [-0.15, -0.1) is 0 Å². The van der Waals surface area contributed by atoms with E-state index in [2.05, 4.69) is 10.6 Å². The molecular weight excluding hydrogens is 255 g/mol. The molecule has 0 unspecified atom stereocenters. The van der Waals surface area contributed by atoms with E-state index in [1.54, 1.807) is 18.2 Å². The summed E-state index contributed by atoms with van der Waals surface area (Å²) in [5.74, 6) is 0.357. The minimum atomic E-state index is -0.275. The molecule has 0 aromatic heterocycles. The fraction of sp³-hybridized carbons (Fsp3) is 0.562. The Kier molecular flexibility index (Phi) is 5.99. The highest BCUT2D eigenvalue weighted by Crippen LogP contribution is 2.22. The van der Waals surface area contributed by atoms with E-state index >= 15 is 0 Å². The zero-order chi connectivity index (χ0) is 14.2. The molecule has 20 heavy (non-hydrogen) atoms. The first kappa shape index (κ1) is 15.0. The molecule has 1 aromatic rings. The number of nitrogens with one attached hydrogen (secondary N) is 2. The van der Waals surface area contributed by atoms with Crippen molar-refractivity contribution in [3.05, 3.63) is 35.6 Å². The molecular formula is C16H23FN2O. The van der Waals surface area contributed by atoms with Crippen LogP contribution in [0.4, 0.5) is 4.39 Å². The maximum atomic E-state index is 13.4. The first-order valence-corrected chi connectivity index (χ1v) is 7.46. The first-order valence-electron chi connectivity index (χ1n) is 7.46. The van der Waals surface area contributed by atoms with Gasteiger partial charge in [-0.2, -0.15) is 0 Å². The molecule has 1 aliphatic rings. The molecule has 2 rings (SSSR count). The third-order valence-corrected chi connectivity index (χ3v) is 3.88. The van der Waals surface area contributed by atoms with E-state index in [1.807, 2.05) is 0 Å². The molecule has 1 saturated carbocycles. The second kappa shape index (κ2) is 8.00. The van der Waals surface area contributed by atoms with Crippen LogP contribution in [0.2, 0.25) is 0 Å². The molecule has 110 valence electrons. The van der Waals surface area contributed by atoms with Gasteiger partial charge in [-0.25, -0.2) is 4.39 Å². The van der Waals surface area contributed by atoms with Crippen LogP contribution in [0.5, 0.6) is 0 Å². The first-order chi connectivity index (χ1) is 9.75. The molecule has 0 spiro atoms. The molecule has 3 nitrogen and oxygen atoms in total. The van der Waals surface area contributed by atoms with Crippen LogP contribution in [-0.2, 0) is 11.3 Å². The number of benzene rings is 1. The highest BCUT2D eigenvalue weighted by atomic mass is 19.1. The van der Waals surface area contributed by atoms with Gasteiger partial charge in [-0.1, -0.05) is 37.5 Å². The Morgan fingerprint density at radius 2 is 1.95 bits per heavy atom. The van der Waals surface area contributed by atoms with Gasteiger partial charge in [0.05, 0.1) is 6.54 Å². The van der Waals surface area contributed by atoms with Crippen molar-refractivity contribution in [3.8, 4) is 0 Å². The fourth-order valence-electron chi connectivity index (χ4n) is 2.68. The second-order valence-corrected chi connectivity index (χ2v) is 5.50. The Morgan fingerprint density at radius 3 is 2.70 bits per heavy atom. The van der Waals surface area contributed by atoms with Crippen molar-refractivity contribution in [1.29, 1.82) is 0 Å². The van der Waals surface area contributed by atoms with Gasteiger partial charge < -0.3 is 10.6 Å². The highest BCUT2D eigenvalue weighted by molar-refractivity contribution is 5.77. The molecule has 1 amide bonds. The summed E-state index contributed by atoms with van der Waals surface area (Å²) in [5, 5.41) is 5.94. The zero-order valence-electron chi connectivity index (χ0n) is 11.8. The number of carbonyl (C=O) groups excluding carboxylic acids is 1. The highest BCUT2D eigenvalue weighted by Gasteiger charge is 2.13. The van der Waals surface area contributed by atoms with Crippen LogP contribution in [0.3, 0.4) is 0 Å². The van der Waals surface area contributed by atoms with Crippen LogP contribution in [0, 0.1) is 11.7 Å². The van der Waals surface area contributed by atoms with Crippen LogP contribution in [-0.4, -0.2) is 19.0 Å². The number of rotatable bonds is 6. The standard InChI is InChI=1S/C16H23FN2O/c17-15-9-5-4-8-14(15)11-19-16(20)12-18-10-13-6-2-1-3-7-13/h4-5,8-9,13,18H,1-3,6-7,10-12H2,(H,19,20). The van der Waals surface area contributed by atoms with Gasteiger partial charge in [-0.3, -0.25) is 4.79 Å². The van der Waals surface area contributed by atoms with Gasteiger partial charge in [0.15, 0.2) is 0 Å². The summed E-state index contributed by atoms with van der Waals surface area (Å²) in [6, 6.07) is 6.51. The van der Waals surface area contributed by atoms with Crippen molar-refractivity contribution >= 4 is 5.91 Å². The molecule has 0 saturated heterocycles. The predicted octanol–water partition coefficient (Wildman–Crippen LogP) is 2.61. The van der Waals surface area contributed by atoms with Crippen molar-refractivity contribution in [2.45, 2.75) is 38.6 Å². The lowest BCUT2D eigenvalue weighted by molar-refractivity contribution is -0.120. The van der Waals surface area contributed by atoms with Gasteiger partial charge in [-0.05, 0) is 31.4 Å². The minimum absolute atomic E-state index is 0.0796. The van der Waals surface area contributed by atoms with Gasteiger partial charge in [0.1, 0.15) is 5.82 Å². The average molecular weight is 278 g/mol. The molecule has 2 N–H and O–H groups in total. The normalized spacial score (nSPS) is 16.1. The predicted molar refractivity (Wildman–Crippen MR) is 77.7 cm³/mol.